The van der Waals surface area contributed by atoms with Crippen LogP contribution in [-0.2, 0) is 7.05 Å². The number of fused-ring (bicyclic) bond motifs is 1. The van der Waals surface area contributed by atoms with Gasteiger partial charge in [-0.05, 0) is 25.3 Å². The molecule has 0 saturated carbocycles. The summed E-state index contributed by atoms with van der Waals surface area (Å²) in [6.07, 6.45) is 0.381. The van der Waals surface area contributed by atoms with Crippen LogP contribution in [0.2, 0.25) is 0 Å². The van der Waals surface area contributed by atoms with Gasteiger partial charge in [0.05, 0.1) is 16.7 Å². The summed E-state index contributed by atoms with van der Waals surface area (Å²) in [5.41, 5.74) is 0.959. The Balaban J connectivity index is 1.87. The second kappa shape index (κ2) is 4.86. The molecule has 2 aromatic heterocycles. The first-order valence-electron chi connectivity index (χ1n) is 6.88. The van der Waals surface area contributed by atoms with E-state index in [-0.39, 0.29) is 17.9 Å². The summed E-state index contributed by atoms with van der Waals surface area (Å²) in [5, 5.41) is 15.2. The van der Waals surface area contributed by atoms with Crippen LogP contribution >= 0.6 is 11.3 Å². The van der Waals surface area contributed by atoms with Gasteiger partial charge in [0.1, 0.15) is 4.83 Å². The summed E-state index contributed by atoms with van der Waals surface area (Å²) in [6.45, 7) is 5.22. The topological polar surface area (TPSA) is 58.4 Å². The molecule has 1 fully saturated rings. The molecule has 3 heterocycles. The van der Waals surface area contributed by atoms with Gasteiger partial charge in [-0.2, -0.15) is 5.10 Å². The number of thiophene rings is 1. The summed E-state index contributed by atoms with van der Waals surface area (Å²) < 4.78 is 1.83. The zero-order valence-electron chi connectivity index (χ0n) is 12.0. The van der Waals surface area contributed by atoms with E-state index in [1.54, 1.807) is 0 Å². The Hall–Kier alpha value is -1.40. The van der Waals surface area contributed by atoms with E-state index in [4.69, 9.17) is 0 Å². The molecule has 20 heavy (non-hydrogen) atoms. The number of hydrogen-bond acceptors (Lipinski definition) is 4. The van der Waals surface area contributed by atoms with Crippen molar-refractivity contribution in [1.29, 1.82) is 0 Å². The zero-order chi connectivity index (χ0) is 14.4. The molecular formula is C14H19N3O2S. The SMILES string of the molecule is Cc1nn(C)c2sc(C(=O)N3CCC(O)C(C)C3)cc12. The Labute approximate surface area is 121 Å². The minimum atomic E-state index is -0.284. The maximum Gasteiger partial charge on any atom is 0.264 e. The van der Waals surface area contributed by atoms with Crippen LogP contribution < -0.4 is 0 Å². The number of carbonyl (C=O) groups excluding carboxylic acids is 1. The summed E-state index contributed by atoms with van der Waals surface area (Å²) in [7, 11) is 1.90. The van der Waals surface area contributed by atoms with Crippen molar-refractivity contribution in [1.82, 2.24) is 14.7 Å². The van der Waals surface area contributed by atoms with Gasteiger partial charge >= 0.3 is 0 Å². The molecule has 1 aliphatic rings. The summed E-state index contributed by atoms with van der Waals surface area (Å²) >= 11 is 1.50. The van der Waals surface area contributed by atoms with Gasteiger partial charge in [-0.3, -0.25) is 9.48 Å². The zero-order valence-corrected chi connectivity index (χ0v) is 12.8. The van der Waals surface area contributed by atoms with Crippen LogP contribution in [0.5, 0.6) is 0 Å². The van der Waals surface area contributed by atoms with Crippen molar-refractivity contribution in [3.05, 3.63) is 16.6 Å². The lowest BCUT2D eigenvalue weighted by atomic mass is 9.97. The van der Waals surface area contributed by atoms with Crippen LogP contribution in [0.4, 0.5) is 0 Å². The molecule has 1 N–H and O–H groups in total. The fourth-order valence-corrected chi connectivity index (χ4v) is 3.88. The molecule has 2 aromatic rings. The lowest BCUT2D eigenvalue weighted by molar-refractivity contribution is 0.0300. The molecule has 1 amide bonds. The maximum atomic E-state index is 12.6. The highest BCUT2D eigenvalue weighted by atomic mass is 32.1. The number of aliphatic hydroxyl groups excluding tert-OH is 1. The Morgan fingerprint density at radius 2 is 2.30 bits per heavy atom. The molecular weight excluding hydrogens is 274 g/mol. The molecule has 1 saturated heterocycles. The maximum absolute atomic E-state index is 12.6. The molecule has 5 nitrogen and oxygen atoms in total. The molecule has 3 rings (SSSR count). The fourth-order valence-electron chi connectivity index (χ4n) is 2.78. The van der Waals surface area contributed by atoms with Crippen LogP contribution in [0.25, 0.3) is 10.2 Å². The van der Waals surface area contributed by atoms with E-state index in [2.05, 4.69) is 5.10 Å². The normalized spacial score (nSPS) is 23.5. The average Bonchev–Trinajstić information content (AvgIpc) is 2.95. The highest BCUT2D eigenvalue weighted by molar-refractivity contribution is 7.20. The third-order valence-corrected chi connectivity index (χ3v) is 5.24. The third-order valence-electron chi connectivity index (χ3n) is 4.05. The van der Waals surface area contributed by atoms with Crippen molar-refractivity contribution in [3.8, 4) is 0 Å². The lowest BCUT2D eigenvalue weighted by Gasteiger charge is -2.34. The molecule has 0 bridgehead atoms. The first-order valence-corrected chi connectivity index (χ1v) is 7.69. The van der Waals surface area contributed by atoms with Crippen molar-refractivity contribution in [2.45, 2.75) is 26.4 Å². The van der Waals surface area contributed by atoms with Crippen molar-refractivity contribution in [2.24, 2.45) is 13.0 Å². The van der Waals surface area contributed by atoms with Crippen LogP contribution in [-0.4, -0.2) is 44.9 Å². The van der Waals surface area contributed by atoms with Crippen molar-refractivity contribution < 1.29 is 9.90 Å². The number of piperidine rings is 1. The molecule has 0 aliphatic carbocycles. The third kappa shape index (κ3) is 2.13. The Morgan fingerprint density at radius 3 is 2.95 bits per heavy atom. The Morgan fingerprint density at radius 1 is 1.55 bits per heavy atom. The monoisotopic (exact) mass is 293 g/mol. The number of likely N-dealkylation sites (tertiary alicyclic amines) is 1. The van der Waals surface area contributed by atoms with Gasteiger partial charge in [0.15, 0.2) is 0 Å². The quantitative estimate of drug-likeness (QED) is 0.872. The van der Waals surface area contributed by atoms with Crippen LogP contribution in [0.1, 0.15) is 28.7 Å². The van der Waals surface area contributed by atoms with E-state index >= 15 is 0 Å². The number of rotatable bonds is 1. The fraction of sp³-hybridized carbons (Fsp3) is 0.571. The standard InChI is InChI=1S/C14H19N3O2S/c1-8-7-17(5-4-11(8)18)13(19)12-6-10-9(2)15-16(3)14(10)20-12/h6,8,11,18H,4-5,7H2,1-3H3. The van der Waals surface area contributed by atoms with E-state index < -0.39 is 0 Å². The van der Waals surface area contributed by atoms with Crippen LogP contribution in [0.15, 0.2) is 6.07 Å². The van der Waals surface area contributed by atoms with E-state index in [9.17, 15) is 9.90 Å². The van der Waals surface area contributed by atoms with E-state index in [0.717, 1.165) is 20.8 Å². The van der Waals surface area contributed by atoms with Gasteiger partial charge in [0.25, 0.3) is 5.91 Å². The first-order chi connectivity index (χ1) is 9.47. The van der Waals surface area contributed by atoms with Crippen molar-refractivity contribution >= 4 is 27.5 Å². The number of amides is 1. The summed E-state index contributed by atoms with van der Waals surface area (Å²) in [6, 6.07) is 1.94. The molecule has 108 valence electrons. The molecule has 2 atom stereocenters. The van der Waals surface area contributed by atoms with Crippen LogP contribution in [0, 0.1) is 12.8 Å². The minimum absolute atomic E-state index is 0.0735. The molecule has 6 heteroatoms. The highest BCUT2D eigenvalue weighted by Crippen LogP contribution is 2.29. The Bertz CT molecular complexity index is 626. The van der Waals surface area contributed by atoms with E-state index in [1.165, 1.54) is 11.3 Å². The molecule has 0 spiro atoms. The predicted octanol–water partition coefficient (Wildman–Crippen LogP) is 1.79. The minimum Gasteiger partial charge on any atom is -0.393 e. The van der Waals surface area contributed by atoms with Gasteiger partial charge in [-0.15, -0.1) is 11.3 Å². The molecule has 1 aliphatic heterocycles. The number of carbonyl (C=O) groups is 1. The smallest absolute Gasteiger partial charge is 0.264 e. The number of nitrogens with zero attached hydrogens (tertiary/aromatic N) is 3. The number of aryl methyl sites for hydroxylation is 2. The summed E-state index contributed by atoms with van der Waals surface area (Å²) in [4.78, 5) is 16.2. The van der Waals surface area contributed by atoms with Gasteiger partial charge in [0.2, 0.25) is 0 Å². The highest BCUT2D eigenvalue weighted by Gasteiger charge is 2.28. The molecule has 2 unspecified atom stereocenters. The molecule has 0 radical (unpaired) electrons. The number of aromatic nitrogens is 2. The van der Waals surface area contributed by atoms with Gasteiger partial charge in [-0.25, -0.2) is 0 Å². The second-order valence-electron chi connectivity index (χ2n) is 5.62. The van der Waals surface area contributed by atoms with Crippen molar-refractivity contribution in [2.75, 3.05) is 13.1 Å². The predicted molar refractivity (Wildman–Crippen MR) is 79.0 cm³/mol. The average molecular weight is 293 g/mol. The number of hydrogen-bond donors (Lipinski definition) is 1. The first kappa shape index (κ1) is 13.6. The summed E-state index contributed by atoms with van der Waals surface area (Å²) in [5.74, 6) is 0.217. The van der Waals surface area contributed by atoms with Crippen molar-refractivity contribution in [3.63, 3.8) is 0 Å². The second-order valence-corrected chi connectivity index (χ2v) is 6.65. The van der Waals surface area contributed by atoms with E-state index in [1.807, 2.05) is 36.5 Å². The van der Waals surface area contributed by atoms with Crippen LogP contribution in [0.3, 0.4) is 0 Å². The lowest BCUT2D eigenvalue weighted by Crippen LogP contribution is -2.44. The Kier molecular flexibility index (Phi) is 3.30. The largest absolute Gasteiger partial charge is 0.393 e. The van der Waals surface area contributed by atoms with E-state index in [0.29, 0.717) is 19.5 Å². The van der Waals surface area contributed by atoms with Gasteiger partial charge in [-0.1, -0.05) is 6.92 Å². The molecule has 0 aromatic carbocycles. The van der Waals surface area contributed by atoms with Gasteiger partial charge < -0.3 is 10.0 Å². The number of aliphatic hydroxyl groups is 1. The van der Waals surface area contributed by atoms with Gasteiger partial charge in [0, 0.05) is 25.5 Å².